The van der Waals surface area contributed by atoms with Crippen molar-refractivity contribution in [3.63, 3.8) is 0 Å². The Morgan fingerprint density at radius 1 is 1.38 bits per heavy atom. The van der Waals surface area contributed by atoms with Gasteiger partial charge in [0.25, 0.3) is 0 Å². The van der Waals surface area contributed by atoms with Crippen LogP contribution in [0.2, 0.25) is 0 Å². The highest BCUT2D eigenvalue weighted by atomic mass is 79.9. The van der Waals surface area contributed by atoms with Gasteiger partial charge in [0, 0.05) is 4.47 Å². The Morgan fingerprint density at radius 3 is 3.00 bits per heavy atom. The Morgan fingerprint density at radius 2 is 2.23 bits per heavy atom. The molecular weight excluding hydrogens is 226 g/mol. The summed E-state index contributed by atoms with van der Waals surface area (Å²) in [7, 11) is 0. The third-order valence-electron chi connectivity index (χ3n) is 2.40. The van der Waals surface area contributed by atoms with E-state index in [1.165, 1.54) is 21.2 Å². The van der Waals surface area contributed by atoms with Crippen molar-refractivity contribution in [2.75, 3.05) is 6.54 Å². The summed E-state index contributed by atoms with van der Waals surface area (Å²) in [5, 5.41) is 0. The van der Waals surface area contributed by atoms with Gasteiger partial charge in [-0.15, -0.1) is 0 Å². The number of hydrogen-bond donors (Lipinski definition) is 1. The van der Waals surface area contributed by atoms with Crippen LogP contribution in [0.25, 0.3) is 5.57 Å². The quantitative estimate of drug-likeness (QED) is 0.842. The van der Waals surface area contributed by atoms with E-state index in [4.69, 9.17) is 5.73 Å². The van der Waals surface area contributed by atoms with Crippen LogP contribution in [0.15, 0.2) is 28.7 Å². The van der Waals surface area contributed by atoms with Crippen LogP contribution in [-0.4, -0.2) is 6.54 Å². The minimum atomic E-state index is 0.729. The van der Waals surface area contributed by atoms with Crippen LogP contribution >= 0.6 is 15.9 Å². The van der Waals surface area contributed by atoms with E-state index in [9.17, 15) is 0 Å². The fraction of sp³-hybridized carbons (Fsp3) is 0.273. The average molecular weight is 238 g/mol. The Kier molecular flexibility index (Phi) is 2.51. The SMILES string of the molecule is NCCC1=CCc2cccc(Br)c21. The highest BCUT2D eigenvalue weighted by Crippen LogP contribution is 2.34. The van der Waals surface area contributed by atoms with Gasteiger partial charge in [-0.05, 0) is 42.2 Å². The summed E-state index contributed by atoms with van der Waals surface area (Å²) in [4.78, 5) is 0. The summed E-state index contributed by atoms with van der Waals surface area (Å²) in [6.45, 7) is 0.729. The predicted molar refractivity (Wildman–Crippen MR) is 59.5 cm³/mol. The second-order valence-corrected chi connectivity index (χ2v) is 4.10. The van der Waals surface area contributed by atoms with Crippen molar-refractivity contribution in [1.82, 2.24) is 0 Å². The third-order valence-corrected chi connectivity index (χ3v) is 3.06. The minimum absolute atomic E-state index is 0.729. The standard InChI is InChI=1S/C11H12BrN/c12-10-3-1-2-8-4-5-9(6-7-13)11(8)10/h1-3,5H,4,6-7,13H2. The van der Waals surface area contributed by atoms with E-state index in [2.05, 4.69) is 40.2 Å². The first-order valence-corrected chi connectivity index (χ1v) is 5.29. The van der Waals surface area contributed by atoms with Crippen molar-refractivity contribution >= 4 is 21.5 Å². The number of fused-ring (bicyclic) bond motifs is 1. The molecule has 0 saturated heterocycles. The summed E-state index contributed by atoms with van der Waals surface area (Å²) < 4.78 is 1.20. The molecule has 0 unspecified atom stereocenters. The molecule has 0 bridgehead atoms. The minimum Gasteiger partial charge on any atom is -0.330 e. The molecule has 0 spiro atoms. The van der Waals surface area contributed by atoms with Gasteiger partial charge < -0.3 is 5.73 Å². The molecule has 0 aliphatic heterocycles. The Balaban J connectivity index is 2.42. The zero-order valence-electron chi connectivity index (χ0n) is 7.39. The van der Waals surface area contributed by atoms with E-state index in [0.29, 0.717) is 0 Å². The lowest BCUT2D eigenvalue weighted by atomic mass is 10.0. The molecule has 1 aliphatic rings. The lowest BCUT2D eigenvalue weighted by Gasteiger charge is -2.06. The topological polar surface area (TPSA) is 26.0 Å². The highest BCUT2D eigenvalue weighted by Gasteiger charge is 2.15. The zero-order chi connectivity index (χ0) is 9.26. The summed E-state index contributed by atoms with van der Waals surface area (Å²) >= 11 is 3.58. The Labute approximate surface area is 86.8 Å². The van der Waals surface area contributed by atoms with Crippen LogP contribution in [0, 0.1) is 0 Å². The van der Waals surface area contributed by atoms with Crippen molar-refractivity contribution < 1.29 is 0 Å². The Bertz CT molecular complexity index is 355. The molecule has 2 heteroatoms. The van der Waals surface area contributed by atoms with Crippen LogP contribution in [0.5, 0.6) is 0 Å². The van der Waals surface area contributed by atoms with E-state index in [1.807, 2.05) is 0 Å². The monoisotopic (exact) mass is 237 g/mol. The molecule has 1 nitrogen and oxygen atoms in total. The first-order chi connectivity index (χ1) is 6.33. The second kappa shape index (κ2) is 3.64. The first-order valence-electron chi connectivity index (χ1n) is 4.50. The van der Waals surface area contributed by atoms with E-state index in [1.54, 1.807) is 0 Å². The fourth-order valence-electron chi connectivity index (χ4n) is 1.82. The van der Waals surface area contributed by atoms with Gasteiger partial charge in [-0.25, -0.2) is 0 Å². The molecule has 2 N–H and O–H groups in total. The van der Waals surface area contributed by atoms with Crippen molar-refractivity contribution in [3.05, 3.63) is 39.9 Å². The summed E-state index contributed by atoms with van der Waals surface area (Å²) in [6, 6.07) is 6.36. The first kappa shape index (κ1) is 8.97. The molecule has 0 aromatic heterocycles. The lowest BCUT2D eigenvalue weighted by molar-refractivity contribution is 1.02. The van der Waals surface area contributed by atoms with Crippen molar-refractivity contribution in [1.29, 1.82) is 0 Å². The number of allylic oxidation sites excluding steroid dienone is 1. The molecule has 2 rings (SSSR count). The predicted octanol–water partition coefficient (Wildman–Crippen LogP) is 2.74. The van der Waals surface area contributed by atoms with Gasteiger partial charge in [0.2, 0.25) is 0 Å². The van der Waals surface area contributed by atoms with Gasteiger partial charge in [0.1, 0.15) is 0 Å². The maximum Gasteiger partial charge on any atom is 0.0253 e. The largest absolute Gasteiger partial charge is 0.330 e. The maximum atomic E-state index is 5.56. The molecular formula is C11H12BrN. The highest BCUT2D eigenvalue weighted by molar-refractivity contribution is 9.10. The molecule has 0 atom stereocenters. The number of nitrogens with two attached hydrogens (primary N) is 1. The molecule has 13 heavy (non-hydrogen) atoms. The number of halogens is 1. The summed E-state index contributed by atoms with van der Waals surface area (Å²) in [5.41, 5.74) is 9.74. The fourth-order valence-corrected chi connectivity index (χ4v) is 2.48. The zero-order valence-corrected chi connectivity index (χ0v) is 8.97. The van der Waals surface area contributed by atoms with E-state index in [0.717, 1.165) is 19.4 Å². The normalized spacial score (nSPS) is 14.2. The van der Waals surface area contributed by atoms with Gasteiger partial charge in [-0.2, -0.15) is 0 Å². The second-order valence-electron chi connectivity index (χ2n) is 3.25. The number of rotatable bonds is 2. The Hall–Kier alpha value is -0.600. The number of benzene rings is 1. The molecule has 0 heterocycles. The molecule has 1 aromatic rings. The molecule has 68 valence electrons. The number of hydrogen-bond acceptors (Lipinski definition) is 1. The summed E-state index contributed by atoms with van der Waals surface area (Å²) in [6.07, 6.45) is 4.32. The van der Waals surface area contributed by atoms with E-state index >= 15 is 0 Å². The van der Waals surface area contributed by atoms with Crippen LogP contribution in [0.3, 0.4) is 0 Å². The van der Waals surface area contributed by atoms with Gasteiger partial charge >= 0.3 is 0 Å². The van der Waals surface area contributed by atoms with Crippen LogP contribution < -0.4 is 5.73 Å². The maximum absolute atomic E-state index is 5.56. The van der Waals surface area contributed by atoms with Crippen LogP contribution in [0.4, 0.5) is 0 Å². The molecule has 1 aromatic carbocycles. The third kappa shape index (κ3) is 1.56. The lowest BCUT2D eigenvalue weighted by Crippen LogP contribution is -1.99. The molecule has 0 fully saturated rings. The molecule has 1 aliphatic carbocycles. The molecule has 0 radical (unpaired) electrons. The van der Waals surface area contributed by atoms with Gasteiger partial charge in [-0.1, -0.05) is 34.1 Å². The van der Waals surface area contributed by atoms with Gasteiger partial charge in [0.05, 0.1) is 0 Å². The smallest absolute Gasteiger partial charge is 0.0253 e. The van der Waals surface area contributed by atoms with Gasteiger partial charge in [-0.3, -0.25) is 0 Å². The van der Waals surface area contributed by atoms with Crippen molar-refractivity contribution in [2.45, 2.75) is 12.8 Å². The van der Waals surface area contributed by atoms with Crippen molar-refractivity contribution in [3.8, 4) is 0 Å². The molecule has 0 amide bonds. The summed E-state index contributed by atoms with van der Waals surface area (Å²) in [5.74, 6) is 0. The van der Waals surface area contributed by atoms with E-state index < -0.39 is 0 Å². The van der Waals surface area contributed by atoms with Crippen molar-refractivity contribution in [2.24, 2.45) is 5.73 Å². The van der Waals surface area contributed by atoms with Crippen LogP contribution in [-0.2, 0) is 6.42 Å². The van der Waals surface area contributed by atoms with E-state index in [-0.39, 0.29) is 0 Å². The average Bonchev–Trinajstić information content (AvgIpc) is 2.51. The van der Waals surface area contributed by atoms with Crippen LogP contribution in [0.1, 0.15) is 17.5 Å². The van der Waals surface area contributed by atoms with Gasteiger partial charge in [0.15, 0.2) is 0 Å². The molecule has 0 saturated carbocycles.